The fourth-order valence-corrected chi connectivity index (χ4v) is 2.11. The highest BCUT2D eigenvalue weighted by Crippen LogP contribution is 2.25. The second-order valence-corrected chi connectivity index (χ2v) is 4.48. The van der Waals surface area contributed by atoms with Gasteiger partial charge in [-0.05, 0) is 48.5 Å². The maximum atomic E-state index is 13.1. The topological polar surface area (TPSA) is 56.7 Å². The van der Waals surface area contributed by atoms with Gasteiger partial charge in [0.15, 0.2) is 0 Å². The second kappa shape index (κ2) is 5.41. The first kappa shape index (κ1) is 13.4. The van der Waals surface area contributed by atoms with E-state index in [0.717, 1.165) is 5.56 Å². The van der Waals surface area contributed by atoms with E-state index in [9.17, 15) is 8.78 Å². The summed E-state index contributed by atoms with van der Waals surface area (Å²) in [5, 5.41) is 8.09. The summed E-state index contributed by atoms with van der Waals surface area (Å²) in [6.07, 6.45) is 0. The Bertz CT molecular complexity index is 748. The Balaban J connectivity index is 2.16. The highest BCUT2D eigenvalue weighted by molar-refractivity contribution is 5.64. The van der Waals surface area contributed by atoms with E-state index in [4.69, 9.17) is 5.73 Å². The molecular formula is C15H12F2N4. The van der Waals surface area contributed by atoms with Crippen molar-refractivity contribution in [1.29, 1.82) is 0 Å². The quantitative estimate of drug-likeness (QED) is 0.805. The van der Waals surface area contributed by atoms with E-state index in [1.54, 1.807) is 28.9 Å². The molecule has 0 aliphatic carbocycles. The van der Waals surface area contributed by atoms with E-state index in [1.165, 1.54) is 24.3 Å². The van der Waals surface area contributed by atoms with Gasteiger partial charge in [-0.15, -0.1) is 5.10 Å². The molecule has 0 spiro atoms. The maximum Gasteiger partial charge on any atom is 0.123 e. The van der Waals surface area contributed by atoms with Crippen molar-refractivity contribution in [3.05, 3.63) is 65.9 Å². The Morgan fingerprint density at radius 2 is 1.48 bits per heavy atom. The molecule has 0 aliphatic heterocycles. The van der Waals surface area contributed by atoms with Gasteiger partial charge in [0, 0.05) is 12.1 Å². The van der Waals surface area contributed by atoms with E-state index in [0.29, 0.717) is 17.1 Å². The Labute approximate surface area is 119 Å². The Morgan fingerprint density at radius 3 is 2.05 bits per heavy atom. The molecule has 4 nitrogen and oxygen atoms in total. The predicted molar refractivity (Wildman–Crippen MR) is 74.6 cm³/mol. The molecule has 0 saturated carbocycles. The summed E-state index contributed by atoms with van der Waals surface area (Å²) in [4.78, 5) is 0. The third-order valence-electron chi connectivity index (χ3n) is 3.12. The number of benzene rings is 2. The molecule has 1 aromatic heterocycles. The third-order valence-corrected chi connectivity index (χ3v) is 3.12. The first-order valence-corrected chi connectivity index (χ1v) is 6.35. The Hall–Kier alpha value is -2.60. The van der Waals surface area contributed by atoms with Crippen LogP contribution in [-0.2, 0) is 6.54 Å². The van der Waals surface area contributed by atoms with Crippen LogP contribution in [0.5, 0.6) is 0 Å². The van der Waals surface area contributed by atoms with Gasteiger partial charge in [0.1, 0.15) is 17.3 Å². The van der Waals surface area contributed by atoms with Crippen LogP contribution in [0.25, 0.3) is 16.9 Å². The molecule has 2 N–H and O–H groups in total. The molecule has 3 rings (SSSR count). The number of nitrogens with two attached hydrogens (primary N) is 1. The van der Waals surface area contributed by atoms with Crippen LogP contribution in [0.4, 0.5) is 8.78 Å². The number of nitrogens with zero attached hydrogens (tertiary/aromatic N) is 3. The SMILES string of the molecule is NCc1nnn(-c2ccc(F)cc2)c1-c1ccc(F)cc1. The summed E-state index contributed by atoms with van der Waals surface area (Å²) in [6.45, 7) is 0.202. The van der Waals surface area contributed by atoms with Crippen LogP contribution in [0.2, 0.25) is 0 Å². The summed E-state index contributed by atoms with van der Waals surface area (Å²) in [5.74, 6) is -0.657. The van der Waals surface area contributed by atoms with Crippen LogP contribution < -0.4 is 5.73 Å². The van der Waals surface area contributed by atoms with Gasteiger partial charge in [-0.3, -0.25) is 0 Å². The molecule has 0 fully saturated rings. The van der Waals surface area contributed by atoms with E-state index in [2.05, 4.69) is 10.3 Å². The molecule has 0 amide bonds. The van der Waals surface area contributed by atoms with E-state index >= 15 is 0 Å². The van der Waals surface area contributed by atoms with E-state index in [-0.39, 0.29) is 18.2 Å². The summed E-state index contributed by atoms with van der Waals surface area (Å²) < 4.78 is 27.7. The predicted octanol–water partition coefficient (Wildman–Crippen LogP) is 2.67. The van der Waals surface area contributed by atoms with E-state index in [1.807, 2.05) is 0 Å². The largest absolute Gasteiger partial charge is 0.325 e. The maximum absolute atomic E-state index is 13.1. The molecule has 0 aliphatic rings. The molecule has 0 radical (unpaired) electrons. The van der Waals surface area contributed by atoms with Crippen molar-refractivity contribution in [2.75, 3.05) is 0 Å². The first-order chi connectivity index (χ1) is 10.2. The van der Waals surface area contributed by atoms with Crippen LogP contribution in [0.3, 0.4) is 0 Å². The molecule has 1 heterocycles. The van der Waals surface area contributed by atoms with Crippen molar-refractivity contribution in [3.63, 3.8) is 0 Å². The van der Waals surface area contributed by atoms with Crippen LogP contribution in [0.1, 0.15) is 5.69 Å². The average molecular weight is 286 g/mol. The van der Waals surface area contributed by atoms with Crippen molar-refractivity contribution in [2.45, 2.75) is 6.54 Å². The minimum atomic E-state index is -0.332. The molecular weight excluding hydrogens is 274 g/mol. The molecule has 2 aromatic carbocycles. The van der Waals surface area contributed by atoms with Crippen molar-refractivity contribution >= 4 is 0 Å². The fourth-order valence-electron chi connectivity index (χ4n) is 2.11. The summed E-state index contributed by atoms with van der Waals surface area (Å²) in [6, 6.07) is 11.9. The van der Waals surface area contributed by atoms with Crippen LogP contribution in [0.15, 0.2) is 48.5 Å². The van der Waals surface area contributed by atoms with Gasteiger partial charge in [0.25, 0.3) is 0 Å². The highest BCUT2D eigenvalue weighted by atomic mass is 19.1. The lowest BCUT2D eigenvalue weighted by Crippen LogP contribution is -2.02. The van der Waals surface area contributed by atoms with Crippen LogP contribution in [0, 0.1) is 11.6 Å². The molecule has 0 bridgehead atoms. The second-order valence-electron chi connectivity index (χ2n) is 4.48. The summed E-state index contributed by atoms with van der Waals surface area (Å²) in [5.41, 5.74) is 8.34. The number of rotatable bonds is 3. The fraction of sp³-hybridized carbons (Fsp3) is 0.0667. The summed E-state index contributed by atoms with van der Waals surface area (Å²) >= 11 is 0. The van der Waals surface area contributed by atoms with Crippen LogP contribution in [-0.4, -0.2) is 15.0 Å². The zero-order valence-electron chi connectivity index (χ0n) is 11.0. The molecule has 21 heavy (non-hydrogen) atoms. The standard InChI is InChI=1S/C15H12F2N4/c16-11-3-1-10(2-4-11)15-14(9-18)19-20-21(15)13-7-5-12(17)6-8-13/h1-8H,9,18H2. The third kappa shape index (κ3) is 2.53. The highest BCUT2D eigenvalue weighted by Gasteiger charge is 2.15. The van der Waals surface area contributed by atoms with Gasteiger partial charge >= 0.3 is 0 Å². The molecule has 106 valence electrons. The monoisotopic (exact) mass is 286 g/mol. The van der Waals surface area contributed by atoms with Gasteiger partial charge in [-0.25, -0.2) is 13.5 Å². The first-order valence-electron chi connectivity index (χ1n) is 6.35. The lowest BCUT2D eigenvalue weighted by Gasteiger charge is -2.08. The minimum absolute atomic E-state index is 0.202. The molecule has 0 atom stereocenters. The summed E-state index contributed by atoms with van der Waals surface area (Å²) in [7, 11) is 0. The van der Waals surface area contributed by atoms with Gasteiger partial charge in [0.05, 0.1) is 11.4 Å². The number of aromatic nitrogens is 3. The number of hydrogen-bond acceptors (Lipinski definition) is 3. The molecule has 3 aromatic rings. The number of hydrogen-bond donors (Lipinski definition) is 1. The average Bonchev–Trinajstić information content (AvgIpc) is 2.93. The van der Waals surface area contributed by atoms with Gasteiger partial charge < -0.3 is 5.73 Å². The number of halogens is 2. The van der Waals surface area contributed by atoms with Crippen molar-refractivity contribution in [1.82, 2.24) is 15.0 Å². The van der Waals surface area contributed by atoms with Gasteiger partial charge in [-0.1, -0.05) is 5.21 Å². The van der Waals surface area contributed by atoms with Crippen LogP contribution >= 0.6 is 0 Å². The van der Waals surface area contributed by atoms with Crippen molar-refractivity contribution in [2.24, 2.45) is 5.73 Å². The zero-order valence-corrected chi connectivity index (χ0v) is 11.0. The lowest BCUT2D eigenvalue weighted by molar-refractivity contribution is 0.626. The molecule has 0 unspecified atom stereocenters. The Kier molecular flexibility index (Phi) is 3.45. The zero-order chi connectivity index (χ0) is 14.8. The lowest BCUT2D eigenvalue weighted by atomic mass is 10.1. The van der Waals surface area contributed by atoms with Crippen molar-refractivity contribution in [3.8, 4) is 16.9 Å². The molecule has 0 saturated heterocycles. The molecule has 6 heteroatoms. The van der Waals surface area contributed by atoms with Gasteiger partial charge in [0.2, 0.25) is 0 Å². The normalized spacial score (nSPS) is 10.8. The van der Waals surface area contributed by atoms with Crippen molar-refractivity contribution < 1.29 is 8.78 Å². The van der Waals surface area contributed by atoms with E-state index < -0.39 is 0 Å². The Morgan fingerprint density at radius 1 is 0.905 bits per heavy atom. The van der Waals surface area contributed by atoms with Gasteiger partial charge in [-0.2, -0.15) is 0 Å². The smallest absolute Gasteiger partial charge is 0.123 e. The minimum Gasteiger partial charge on any atom is -0.325 e.